The minimum absolute atomic E-state index is 0.556. The first-order chi connectivity index (χ1) is 8.24. The van der Waals surface area contributed by atoms with Crippen LogP contribution in [0.5, 0.6) is 0 Å². The molecule has 0 bridgehead atoms. The zero-order valence-corrected chi connectivity index (χ0v) is 11.2. The van der Waals surface area contributed by atoms with Crippen LogP contribution in [0.3, 0.4) is 0 Å². The fraction of sp³-hybridized carbons (Fsp3) is 0.769. The number of hydrogen-bond donors (Lipinski definition) is 1. The lowest BCUT2D eigenvalue weighted by Gasteiger charge is -2.32. The average Bonchev–Trinajstić information content (AvgIpc) is 2.73. The predicted octanol–water partition coefficient (Wildman–Crippen LogP) is 1.65. The van der Waals surface area contributed by atoms with E-state index in [0.29, 0.717) is 6.04 Å². The highest BCUT2D eigenvalue weighted by Crippen LogP contribution is 2.17. The summed E-state index contributed by atoms with van der Waals surface area (Å²) in [5, 5.41) is 3.48. The van der Waals surface area contributed by atoms with E-state index in [0.717, 1.165) is 45.0 Å². The molecule has 1 aliphatic rings. The summed E-state index contributed by atoms with van der Waals surface area (Å²) in [5.74, 6) is 1.16. The van der Waals surface area contributed by atoms with E-state index in [1.165, 1.54) is 5.69 Å². The maximum atomic E-state index is 4.77. The van der Waals surface area contributed by atoms with E-state index in [4.69, 9.17) is 4.98 Å². The second-order valence-electron chi connectivity index (χ2n) is 4.88. The quantitative estimate of drug-likeness (QED) is 0.863. The van der Waals surface area contributed by atoms with E-state index in [1.807, 2.05) is 0 Å². The van der Waals surface area contributed by atoms with Gasteiger partial charge in [0, 0.05) is 38.4 Å². The molecule has 2 rings (SSSR count). The van der Waals surface area contributed by atoms with Crippen molar-refractivity contribution in [3.8, 4) is 0 Å². The number of nitrogens with zero attached hydrogens (tertiary/aromatic N) is 3. The summed E-state index contributed by atoms with van der Waals surface area (Å²) in [6.45, 7) is 10.9. The number of anilines is 1. The summed E-state index contributed by atoms with van der Waals surface area (Å²) in [6, 6.07) is 0.556. The van der Waals surface area contributed by atoms with Crippen molar-refractivity contribution in [2.24, 2.45) is 0 Å². The number of aryl methyl sites for hydroxylation is 2. The van der Waals surface area contributed by atoms with Gasteiger partial charge in [-0.15, -0.1) is 0 Å². The smallest absolute Gasteiger partial charge is 0.205 e. The molecule has 0 amide bonds. The van der Waals surface area contributed by atoms with Crippen LogP contribution in [-0.4, -0.2) is 35.2 Å². The van der Waals surface area contributed by atoms with Gasteiger partial charge in [0.05, 0.1) is 5.69 Å². The Labute approximate surface area is 104 Å². The molecule has 1 saturated heterocycles. The Morgan fingerprint density at radius 2 is 2.29 bits per heavy atom. The lowest BCUT2D eigenvalue weighted by molar-refractivity contribution is 0.473. The number of nitrogens with one attached hydrogen (secondary N) is 1. The van der Waals surface area contributed by atoms with E-state index in [1.54, 1.807) is 0 Å². The van der Waals surface area contributed by atoms with Crippen molar-refractivity contribution in [3.63, 3.8) is 0 Å². The molecule has 1 atom stereocenters. The van der Waals surface area contributed by atoms with Crippen LogP contribution in [0.4, 0.5) is 5.95 Å². The number of piperazine rings is 1. The molecule has 0 unspecified atom stereocenters. The largest absolute Gasteiger partial charge is 0.339 e. The Kier molecular flexibility index (Phi) is 4.05. The molecule has 2 heterocycles. The van der Waals surface area contributed by atoms with Gasteiger partial charge in [0.2, 0.25) is 5.95 Å². The maximum Gasteiger partial charge on any atom is 0.205 e. The van der Waals surface area contributed by atoms with Crippen LogP contribution in [0.2, 0.25) is 0 Å². The third kappa shape index (κ3) is 2.80. The van der Waals surface area contributed by atoms with Gasteiger partial charge in [0.25, 0.3) is 0 Å². The van der Waals surface area contributed by atoms with Crippen LogP contribution in [-0.2, 0) is 13.0 Å². The minimum Gasteiger partial charge on any atom is -0.339 e. The Morgan fingerprint density at radius 1 is 1.47 bits per heavy atom. The Balaban J connectivity index is 2.19. The third-order valence-corrected chi connectivity index (χ3v) is 3.28. The molecule has 0 aromatic carbocycles. The molecule has 0 saturated carbocycles. The molecule has 1 N–H and O–H groups in total. The first-order valence-corrected chi connectivity index (χ1v) is 6.79. The molecule has 1 aromatic heterocycles. The van der Waals surface area contributed by atoms with E-state index in [2.05, 4.69) is 41.8 Å². The zero-order chi connectivity index (χ0) is 12.3. The van der Waals surface area contributed by atoms with Crippen molar-refractivity contribution >= 4 is 5.95 Å². The van der Waals surface area contributed by atoms with E-state index >= 15 is 0 Å². The molecule has 1 fully saturated rings. The van der Waals surface area contributed by atoms with Crippen LogP contribution in [0.15, 0.2) is 6.20 Å². The number of rotatable bonds is 4. The monoisotopic (exact) mass is 236 g/mol. The highest BCUT2D eigenvalue weighted by Gasteiger charge is 2.20. The molecule has 1 aromatic rings. The maximum absolute atomic E-state index is 4.77. The molecular weight excluding hydrogens is 212 g/mol. The van der Waals surface area contributed by atoms with Crippen molar-refractivity contribution < 1.29 is 0 Å². The van der Waals surface area contributed by atoms with Crippen molar-refractivity contribution in [2.45, 2.75) is 46.2 Å². The van der Waals surface area contributed by atoms with Crippen LogP contribution >= 0.6 is 0 Å². The molecule has 0 radical (unpaired) electrons. The second-order valence-corrected chi connectivity index (χ2v) is 4.88. The molecule has 0 spiro atoms. The molecule has 4 heteroatoms. The van der Waals surface area contributed by atoms with Crippen LogP contribution < -0.4 is 10.2 Å². The van der Waals surface area contributed by atoms with E-state index in [-0.39, 0.29) is 0 Å². The molecule has 0 aliphatic carbocycles. The molecule has 96 valence electrons. The summed E-state index contributed by atoms with van der Waals surface area (Å²) >= 11 is 0. The minimum atomic E-state index is 0.556. The van der Waals surface area contributed by atoms with Gasteiger partial charge in [-0.3, -0.25) is 0 Å². The summed E-state index contributed by atoms with van der Waals surface area (Å²) in [7, 11) is 0. The number of hydrogen-bond acceptors (Lipinski definition) is 3. The normalized spacial score (nSPS) is 20.9. The molecule has 1 aliphatic heterocycles. The van der Waals surface area contributed by atoms with Gasteiger partial charge in [-0.25, -0.2) is 4.98 Å². The fourth-order valence-electron chi connectivity index (χ4n) is 2.40. The molecule has 17 heavy (non-hydrogen) atoms. The Morgan fingerprint density at radius 3 is 2.94 bits per heavy atom. The molecule has 4 nitrogen and oxygen atoms in total. The predicted molar refractivity (Wildman–Crippen MR) is 71.6 cm³/mol. The van der Waals surface area contributed by atoms with Gasteiger partial charge in [0.15, 0.2) is 0 Å². The fourth-order valence-corrected chi connectivity index (χ4v) is 2.40. The summed E-state index contributed by atoms with van der Waals surface area (Å²) in [4.78, 5) is 7.18. The third-order valence-electron chi connectivity index (χ3n) is 3.28. The SMILES string of the molecule is CCCn1cc(CC)nc1N1CCN[C@@H](C)C1. The van der Waals surface area contributed by atoms with Gasteiger partial charge in [-0.1, -0.05) is 13.8 Å². The molecular formula is C13H24N4. The van der Waals surface area contributed by atoms with Gasteiger partial charge in [0.1, 0.15) is 0 Å². The standard InChI is InChI=1S/C13H24N4/c1-4-7-16-10-12(5-2)15-13(16)17-8-6-14-11(3)9-17/h10-11,14H,4-9H2,1-3H3/t11-/m0/s1. The van der Waals surface area contributed by atoms with Gasteiger partial charge in [-0.2, -0.15) is 0 Å². The first-order valence-electron chi connectivity index (χ1n) is 6.79. The van der Waals surface area contributed by atoms with E-state index in [9.17, 15) is 0 Å². The lowest BCUT2D eigenvalue weighted by atomic mass is 10.2. The highest BCUT2D eigenvalue weighted by molar-refractivity contribution is 5.35. The number of aromatic nitrogens is 2. The highest BCUT2D eigenvalue weighted by atomic mass is 15.3. The topological polar surface area (TPSA) is 33.1 Å². The van der Waals surface area contributed by atoms with Crippen LogP contribution in [0.1, 0.15) is 32.9 Å². The summed E-state index contributed by atoms with van der Waals surface area (Å²) in [5.41, 5.74) is 1.21. The van der Waals surface area contributed by atoms with Crippen LogP contribution in [0, 0.1) is 0 Å². The second kappa shape index (κ2) is 5.54. The summed E-state index contributed by atoms with van der Waals surface area (Å²) in [6.07, 6.45) is 4.39. The van der Waals surface area contributed by atoms with Crippen molar-refractivity contribution in [1.82, 2.24) is 14.9 Å². The average molecular weight is 236 g/mol. The van der Waals surface area contributed by atoms with Gasteiger partial charge < -0.3 is 14.8 Å². The van der Waals surface area contributed by atoms with Gasteiger partial charge >= 0.3 is 0 Å². The Hall–Kier alpha value is -1.03. The van der Waals surface area contributed by atoms with Crippen molar-refractivity contribution in [2.75, 3.05) is 24.5 Å². The first kappa shape index (κ1) is 12.4. The van der Waals surface area contributed by atoms with E-state index < -0.39 is 0 Å². The Bertz CT molecular complexity index is 358. The number of imidazole rings is 1. The van der Waals surface area contributed by atoms with Crippen molar-refractivity contribution in [3.05, 3.63) is 11.9 Å². The zero-order valence-electron chi connectivity index (χ0n) is 11.2. The lowest BCUT2D eigenvalue weighted by Crippen LogP contribution is -2.50. The van der Waals surface area contributed by atoms with Gasteiger partial charge in [-0.05, 0) is 19.8 Å². The summed E-state index contributed by atoms with van der Waals surface area (Å²) < 4.78 is 2.32. The van der Waals surface area contributed by atoms with Crippen molar-refractivity contribution in [1.29, 1.82) is 0 Å². The van der Waals surface area contributed by atoms with Crippen LogP contribution in [0.25, 0.3) is 0 Å².